The van der Waals surface area contributed by atoms with Gasteiger partial charge in [0.2, 0.25) is 0 Å². The zero-order valence-corrected chi connectivity index (χ0v) is 28.2. The largest absolute Gasteiger partial charge is 0.481 e. The molecule has 0 amide bonds. The van der Waals surface area contributed by atoms with Crippen molar-refractivity contribution in [2.75, 3.05) is 20.1 Å². The first-order valence-electron chi connectivity index (χ1n) is 15.8. The maximum absolute atomic E-state index is 16.4. The highest BCUT2D eigenvalue weighted by molar-refractivity contribution is 5.84. The molecule has 0 aliphatic rings. The number of carboxylic acids is 1. The molecule has 0 saturated carbocycles. The van der Waals surface area contributed by atoms with E-state index in [1.807, 2.05) is 14.0 Å². The number of aliphatic carboxylic acids is 1. The van der Waals surface area contributed by atoms with Crippen LogP contribution in [0.15, 0.2) is 35.3 Å². The normalized spacial score (nSPS) is 13.3. The van der Waals surface area contributed by atoms with Gasteiger partial charge in [0, 0.05) is 42.3 Å². The molecule has 1 heterocycles. The van der Waals surface area contributed by atoms with Crippen molar-refractivity contribution < 1.29 is 41.0 Å². The van der Waals surface area contributed by atoms with E-state index in [1.165, 1.54) is 30.5 Å². The molecule has 0 fully saturated rings. The van der Waals surface area contributed by atoms with Gasteiger partial charge in [0.05, 0.1) is 18.0 Å². The van der Waals surface area contributed by atoms with Gasteiger partial charge in [-0.3, -0.25) is 14.4 Å². The van der Waals surface area contributed by atoms with Gasteiger partial charge in [-0.2, -0.15) is 13.2 Å². The summed E-state index contributed by atoms with van der Waals surface area (Å²) in [5.41, 5.74) is -3.18. The molecule has 0 radical (unpaired) electrons. The van der Waals surface area contributed by atoms with Crippen molar-refractivity contribution in [3.63, 3.8) is 0 Å². The SMILES string of the molecule is CCN(C)CCc1cn(C(CC(C)C)C(=O)C[C@@H](CC(=O)O)c2c(F)c(-c3c(C)ccc(F)c3C)cc(C(F)(F)F)c2F)c(=O)cc1C. The second-order valence-corrected chi connectivity index (χ2v) is 12.9. The van der Waals surface area contributed by atoms with Crippen LogP contribution in [0.1, 0.15) is 85.4 Å². The molecular formula is C36H42F6N2O4. The van der Waals surface area contributed by atoms with Crippen LogP contribution in [0, 0.1) is 44.1 Å². The molecule has 48 heavy (non-hydrogen) atoms. The van der Waals surface area contributed by atoms with E-state index in [4.69, 9.17) is 0 Å². The maximum atomic E-state index is 16.4. The van der Waals surface area contributed by atoms with Crippen LogP contribution in [0.4, 0.5) is 26.3 Å². The molecule has 0 saturated heterocycles. The molecule has 0 spiro atoms. The van der Waals surface area contributed by atoms with Crippen LogP contribution in [-0.2, 0) is 22.2 Å². The van der Waals surface area contributed by atoms with E-state index in [2.05, 4.69) is 4.90 Å². The van der Waals surface area contributed by atoms with Crippen molar-refractivity contribution in [1.82, 2.24) is 9.47 Å². The van der Waals surface area contributed by atoms with Gasteiger partial charge in [-0.1, -0.05) is 26.8 Å². The monoisotopic (exact) mass is 680 g/mol. The molecule has 0 aliphatic carbocycles. The second kappa shape index (κ2) is 15.5. The van der Waals surface area contributed by atoms with Crippen molar-refractivity contribution in [2.24, 2.45) is 5.92 Å². The molecular weight excluding hydrogens is 638 g/mol. The Hall–Kier alpha value is -3.93. The molecule has 2 atom stereocenters. The van der Waals surface area contributed by atoms with Crippen molar-refractivity contribution in [1.29, 1.82) is 0 Å². The molecule has 2 aromatic carbocycles. The van der Waals surface area contributed by atoms with Crippen LogP contribution in [0.3, 0.4) is 0 Å². The summed E-state index contributed by atoms with van der Waals surface area (Å²) in [5.74, 6) is -8.86. The zero-order chi connectivity index (χ0) is 36.2. The first-order valence-corrected chi connectivity index (χ1v) is 15.8. The number of halogens is 6. The van der Waals surface area contributed by atoms with Crippen LogP contribution in [-0.4, -0.2) is 46.5 Å². The van der Waals surface area contributed by atoms with Crippen molar-refractivity contribution in [3.8, 4) is 11.1 Å². The number of carbonyl (C=O) groups is 2. The molecule has 3 aromatic rings. The number of Topliss-reactive ketones (excluding diaryl/α,β-unsaturated/α-hetero) is 1. The first-order chi connectivity index (χ1) is 22.3. The Bertz CT molecular complexity index is 1730. The van der Waals surface area contributed by atoms with Crippen LogP contribution in [0.25, 0.3) is 11.1 Å². The smallest absolute Gasteiger partial charge is 0.419 e. The molecule has 0 bridgehead atoms. The van der Waals surface area contributed by atoms with Crippen LogP contribution in [0.2, 0.25) is 0 Å². The fraction of sp³-hybridized carbons (Fsp3) is 0.472. The van der Waals surface area contributed by atoms with Crippen LogP contribution >= 0.6 is 0 Å². The number of carboxylic acid groups (broad SMARTS) is 1. The minimum absolute atomic E-state index is 0.0936. The number of aryl methyl sites for hydroxylation is 2. The third kappa shape index (κ3) is 8.75. The topological polar surface area (TPSA) is 79.6 Å². The molecule has 1 N–H and O–H groups in total. The molecule has 1 aromatic heterocycles. The first kappa shape index (κ1) is 38.5. The molecule has 1 unspecified atom stereocenters. The number of hydrogen-bond donors (Lipinski definition) is 1. The van der Waals surface area contributed by atoms with Gasteiger partial charge in [0.1, 0.15) is 17.5 Å². The Morgan fingerprint density at radius 2 is 1.62 bits per heavy atom. The number of carbonyl (C=O) groups excluding carboxylic acids is 1. The number of nitrogens with zero attached hydrogens (tertiary/aromatic N) is 2. The summed E-state index contributed by atoms with van der Waals surface area (Å²) in [4.78, 5) is 41.3. The Balaban J connectivity index is 2.25. The second-order valence-electron chi connectivity index (χ2n) is 12.9. The summed E-state index contributed by atoms with van der Waals surface area (Å²) < 4.78 is 90.7. The fourth-order valence-electron chi connectivity index (χ4n) is 6.01. The maximum Gasteiger partial charge on any atom is 0.419 e. The van der Waals surface area contributed by atoms with E-state index in [1.54, 1.807) is 27.0 Å². The Kier molecular flexibility index (Phi) is 12.5. The minimum Gasteiger partial charge on any atom is -0.481 e. The Morgan fingerprint density at radius 3 is 2.19 bits per heavy atom. The van der Waals surface area contributed by atoms with Gasteiger partial charge in [-0.05, 0) is 93.1 Å². The van der Waals surface area contributed by atoms with Gasteiger partial charge < -0.3 is 14.6 Å². The highest BCUT2D eigenvalue weighted by atomic mass is 19.4. The van der Waals surface area contributed by atoms with E-state index in [-0.39, 0.29) is 35.1 Å². The Morgan fingerprint density at radius 1 is 0.979 bits per heavy atom. The highest BCUT2D eigenvalue weighted by Crippen LogP contribution is 2.43. The van der Waals surface area contributed by atoms with Gasteiger partial charge in [0.15, 0.2) is 5.78 Å². The van der Waals surface area contributed by atoms with Gasteiger partial charge in [-0.15, -0.1) is 0 Å². The number of ketones is 1. The molecule has 12 heteroatoms. The number of pyridine rings is 1. The summed E-state index contributed by atoms with van der Waals surface area (Å²) in [6.07, 6.45) is -5.12. The number of benzene rings is 2. The lowest BCUT2D eigenvalue weighted by Gasteiger charge is -2.26. The van der Waals surface area contributed by atoms with Crippen molar-refractivity contribution in [2.45, 2.75) is 85.4 Å². The number of hydrogen-bond acceptors (Lipinski definition) is 4. The zero-order valence-electron chi connectivity index (χ0n) is 28.2. The third-order valence-electron chi connectivity index (χ3n) is 8.79. The van der Waals surface area contributed by atoms with E-state index in [0.29, 0.717) is 18.5 Å². The van der Waals surface area contributed by atoms with Gasteiger partial charge in [0.25, 0.3) is 5.56 Å². The number of rotatable bonds is 14. The predicted molar refractivity (Wildman–Crippen MR) is 172 cm³/mol. The van der Waals surface area contributed by atoms with Crippen LogP contribution in [0.5, 0.6) is 0 Å². The highest BCUT2D eigenvalue weighted by Gasteiger charge is 2.40. The fourth-order valence-corrected chi connectivity index (χ4v) is 6.01. The van der Waals surface area contributed by atoms with Crippen molar-refractivity contribution >= 4 is 11.8 Å². The summed E-state index contributed by atoms with van der Waals surface area (Å²) in [7, 11) is 1.92. The number of aromatic nitrogens is 1. The summed E-state index contributed by atoms with van der Waals surface area (Å²) in [5, 5.41) is 9.73. The summed E-state index contributed by atoms with van der Waals surface area (Å²) >= 11 is 0. The molecule has 262 valence electrons. The van der Waals surface area contributed by atoms with E-state index >= 15 is 8.78 Å². The number of alkyl halides is 3. The quantitative estimate of drug-likeness (QED) is 0.174. The average Bonchev–Trinajstić information content (AvgIpc) is 2.97. The Labute approximate surface area is 276 Å². The molecule has 3 rings (SSSR count). The molecule has 0 aliphatic heterocycles. The van der Waals surface area contributed by atoms with E-state index in [0.717, 1.165) is 18.2 Å². The number of likely N-dealkylation sites (N-methyl/N-ethyl adjacent to an activating group) is 1. The summed E-state index contributed by atoms with van der Waals surface area (Å²) in [6, 6.07) is 2.71. The van der Waals surface area contributed by atoms with Crippen LogP contribution < -0.4 is 5.56 Å². The van der Waals surface area contributed by atoms with E-state index < -0.39 is 82.4 Å². The van der Waals surface area contributed by atoms with Gasteiger partial charge in [-0.25, -0.2) is 13.2 Å². The average molecular weight is 681 g/mol. The standard InChI is InChI=1S/C36H42F6N2O4/c1-8-43(7)12-11-23-18-44(30(46)14-21(23)5)28(13-19(2)3)29(45)15-24(16-31(47)48)33-34(38)25(17-26(35(33)39)36(40,41)42)32-20(4)9-10-27(37)22(32)6/h9-10,14,17-19,24,28H,8,11-13,15-16H2,1-7H3,(H,47,48)/t24-,28?/m0/s1. The van der Waals surface area contributed by atoms with E-state index in [9.17, 15) is 37.1 Å². The lowest BCUT2D eigenvalue weighted by atomic mass is 9.83. The van der Waals surface area contributed by atoms with Gasteiger partial charge >= 0.3 is 12.1 Å². The third-order valence-corrected chi connectivity index (χ3v) is 8.79. The minimum atomic E-state index is -5.34. The molecule has 6 nitrogen and oxygen atoms in total. The lowest BCUT2D eigenvalue weighted by Crippen LogP contribution is -2.32. The summed E-state index contributed by atoms with van der Waals surface area (Å²) in [6.45, 7) is 11.4. The van der Waals surface area contributed by atoms with Crippen molar-refractivity contribution in [3.05, 3.63) is 91.6 Å². The lowest BCUT2D eigenvalue weighted by molar-refractivity contribution is -0.140. The predicted octanol–water partition coefficient (Wildman–Crippen LogP) is 8.18.